The van der Waals surface area contributed by atoms with E-state index in [-0.39, 0.29) is 5.54 Å². The van der Waals surface area contributed by atoms with Gasteiger partial charge in [0.1, 0.15) is 0 Å². The van der Waals surface area contributed by atoms with E-state index in [1.54, 1.807) is 0 Å². The molecule has 0 saturated heterocycles. The number of halogens is 2. The van der Waals surface area contributed by atoms with E-state index in [1.165, 1.54) is 5.56 Å². The van der Waals surface area contributed by atoms with E-state index in [0.29, 0.717) is 21.9 Å². The zero-order valence-corrected chi connectivity index (χ0v) is 14.1. The first-order valence-corrected chi connectivity index (χ1v) is 7.63. The summed E-state index contributed by atoms with van der Waals surface area (Å²) in [4.78, 5) is 0. The van der Waals surface area contributed by atoms with Gasteiger partial charge in [0.15, 0.2) is 0 Å². The smallest absolute Gasteiger partial charge is 0.0595 e. The molecule has 0 aromatic heterocycles. The van der Waals surface area contributed by atoms with Crippen molar-refractivity contribution in [1.29, 1.82) is 0 Å². The molecule has 0 bridgehead atoms. The summed E-state index contributed by atoms with van der Waals surface area (Å²) in [6, 6.07) is 5.94. The minimum Gasteiger partial charge on any atom is -0.312 e. The lowest BCUT2D eigenvalue weighted by Gasteiger charge is -2.27. The van der Waals surface area contributed by atoms with Crippen molar-refractivity contribution in [1.82, 2.24) is 5.32 Å². The molecule has 1 atom stereocenters. The lowest BCUT2D eigenvalue weighted by atomic mass is 9.88. The Kier molecular flexibility index (Phi) is 6.16. The largest absolute Gasteiger partial charge is 0.312 e. The van der Waals surface area contributed by atoms with Gasteiger partial charge in [-0.15, -0.1) is 0 Å². The molecule has 0 saturated carbocycles. The molecule has 0 aliphatic rings. The highest BCUT2D eigenvalue weighted by atomic mass is 35.5. The number of nitrogens with one attached hydrogen (secondary N) is 1. The average molecular weight is 302 g/mol. The number of benzene rings is 1. The molecule has 1 aromatic rings. The maximum Gasteiger partial charge on any atom is 0.0595 e. The van der Waals surface area contributed by atoms with Gasteiger partial charge in [-0.3, -0.25) is 0 Å². The molecule has 0 aliphatic heterocycles. The molecule has 1 rings (SSSR count). The van der Waals surface area contributed by atoms with Crippen LogP contribution in [0.3, 0.4) is 0 Å². The maximum absolute atomic E-state index is 6.08. The molecule has 19 heavy (non-hydrogen) atoms. The summed E-state index contributed by atoms with van der Waals surface area (Å²) in [6.45, 7) is 12.1. The Balaban J connectivity index is 2.70. The second kappa shape index (κ2) is 6.97. The van der Waals surface area contributed by atoms with Crippen LogP contribution in [0.25, 0.3) is 0 Å². The maximum atomic E-state index is 6.08. The molecule has 0 spiro atoms. The summed E-state index contributed by atoms with van der Waals surface area (Å²) in [5.74, 6) is 1.22. The Labute approximate surface area is 127 Å². The molecule has 0 fully saturated rings. The van der Waals surface area contributed by atoms with Crippen molar-refractivity contribution in [3.05, 3.63) is 33.8 Å². The molecular weight excluding hydrogens is 277 g/mol. The van der Waals surface area contributed by atoms with Crippen molar-refractivity contribution in [2.75, 3.05) is 6.54 Å². The van der Waals surface area contributed by atoms with Crippen LogP contribution in [0.15, 0.2) is 18.2 Å². The summed E-state index contributed by atoms with van der Waals surface area (Å²) in [6.07, 6.45) is 1.03. The predicted octanol–water partition coefficient (Wildman–Crippen LogP) is 5.20. The van der Waals surface area contributed by atoms with Gasteiger partial charge in [0.05, 0.1) is 10.0 Å². The van der Waals surface area contributed by atoms with E-state index < -0.39 is 0 Å². The van der Waals surface area contributed by atoms with E-state index in [9.17, 15) is 0 Å². The Morgan fingerprint density at radius 2 is 1.74 bits per heavy atom. The molecule has 0 radical (unpaired) electrons. The molecule has 0 aliphatic carbocycles. The number of rotatable bonds is 5. The van der Waals surface area contributed by atoms with Crippen molar-refractivity contribution < 1.29 is 0 Å². The van der Waals surface area contributed by atoms with Crippen LogP contribution < -0.4 is 5.32 Å². The highest BCUT2D eigenvalue weighted by Crippen LogP contribution is 2.25. The SMILES string of the molecule is CC(C)C(CNC(C)(C)C)Cc1ccc(Cl)c(Cl)c1. The van der Waals surface area contributed by atoms with Gasteiger partial charge in [0.25, 0.3) is 0 Å². The zero-order valence-electron chi connectivity index (χ0n) is 12.6. The minimum absolute atomic E-state index is 0.158. The van der Waals surface area contributed by atoms with E-state index in [2.05, 4.69) is 46.0 Å². The van der Waals surface area contributed by atoms with Gasteiger partial charge >= 0.3 is 0 Å². The van der Waals surface area contributed by atoms with Crippen LogP contribution in [0.1, 0.15) is 40.2 Å². The second-order valence-corrected chi connectivity index (χ2v) is 7.40. The summed E-state index contributed by atoms with van der Waals surface area (Å²) in [7, 11) is 0. The summed E-state index contributed by atoms with van der Waals surface area (Å²) >= 11 is 12.0. The number of hydrogen-bond acceptors (Lipinski definition) is 1. The van der Waals surface area contributed by atoms with Crippen molar-refractivity contribution in [3.63, 3.8) is 0 Å². The van der Waals surface area contributed by atoms with Crippen LogP contribution in [0.2, 0.25) is 10.0 Å². The van der Waals surface area contributed by atoms with E-state index >= 15 is 0 Å². The first-order valence-electron chi connectivity index (χ1n) is 6.88. The minimum atomic E-state index is 0.158. The third kappa shape index (κ3) is 6.16. The quantitative estimate of drug-likeness (QED) is 0.788. The molecule has 3 heteroatoms. The first-order chi connectivity index (χ1) is 8.69. The van der Waals surface area contributed by atoms with Gasteiger partial charge in [0.2, 0.25) is 0 Å². The van der Waals surface area contributed by atoms with Gasteiger partial charge in [-0.05, 0) is 63.3 Å². The van der Waals surface area contributed by atoms with Gasteiger partial charge in [-0.25, -0.2) is 0 Å². The highest BCUT2D eigenvalue weighted by molar-refractivity contribution is 6.42. The predicted molar refractivity (Wildman–Crippen MR) is 86.2 cm³/mol. The fraction of sp³-hybridized carbons (Fsp3) is 0.625. The molecule has 1 unspecified atom stereocenters. The van der Waals surface area contributed by atoms with Crippen molar-refractivity contribution in [3.8, 4) is 0 Å². The summed E-state index contributed by atoms with van der Waals surface area (Å²) < 4.78 is 0. The van der Waals surface area contributed by atoms with Gasteiger partial charge in [0, 0.05) is 5.54 Å². The van der Waals surface area contributed by atoms with Gasteiger partial charge in [-0.1, -0.05) is 43.1 Å². The van der Waals surface area contributed by atoms with Crippen LogP contribution in [-0.4, -0.2) is 12.1 Å². The fourth-order valence-electron chi connectivity index (χ4n) is 1.95. The first kappa shape index (κ1) is 16.8. The summed E-state index contributed by atoms with van der Waals surface area (Å²) in [5.41, 5.74) is 1.41. The van der Waals surface area contributed by atoms with E-state index in [4.69, 9.17) is 23.2 Å². The van der Waals surface area contributed by atoms with Crippen molar-refractivity contribution >= 4 is 23.2 Å². The van der Waals surface area contributed by atoms with Crippen molar-refractivity contribution in [2.45, 2.75) is 46.6 Å². The number of hydrogen-bond donors (Lipinski definition) is 1. The van der Waals surface area contributed by atoms with Crippen LogP contribution >= 0.6 is 23.2 Å². The lowest BCUT2D eigenvalue weighted by molar-refractivity contribution is 0.312. The van der Waals surface area contributed by atoms with E-state index in [1.807, 2.05) is 12.1 Å². The van der Waals surface area contributed by atoms with Crippen LogP contribution in [0.4, 0.5) is 0 Å². The lowest BCUT2D eigenvalue weighted by Crippen LogP contribution is -2.40. The second-order valence-electron chi connectivity index (χ2n) is 6.59. The molecule has 0 heterocycles. The monoisotopic (exact) mass is 301 g/mol. The van der Waals surface area contributed by atoms with Crippen LogP contribution in [0, 0.1) is 11.8 Å². The third-order valence-corrected chi connectivity index (χ3v) is 4.06. The molecule has 1 nitrogen and oxygen atoms in total. The van der Waals surface area contributed by atoms with Crippen molar-refractivity contribution in [2.24, 2.45) is 11.8 Å². The Morgan fingerprint density at radius 1 is 1.11 bits per heavy atom. The molecular formula is C16H25Cl2N. The van der Waals surface area contributed by atoms with Crippen LogP contribution in [0.5, 0.6) is 0 Å². The molecule has 1 N–H and O–H groups in total. The molecule has 0 amide bonds. The Bertz CT molecular complexity index is 408. The zero-order chi connectivity index (χ0) is 14.6. The Morgan fingerprint density at radius 3 is 2.21 bits per heavy atom. The topological polar surface area (TPSA) is 12.0 Å². The third-order valence-electron chi connectivity index (χ3n) is 3.32. The molecule has 1 aromatic carbocycles. The van der Waals surface area contributed by atoms with Gasteiger partial charge < -0.3 is 5.32 Å². The highest BCUT2D eigenvalue weighted by Gasteiger charge is 2.18. The fourth-order valence-corrected chi connectivity index (χ4v) is 2.27. The standard InChI is InChI=1S/C16H25Cl2N/c1-11(2)13(10-19-16(3,4)5)8-12-6-7-14(17)15(18)9-12/h6-7,9,11,13,19H,8,10H2,1-5H3. The van der Waals surface area contributed by atoms with Gasteiger partial charge in [-0.2, -0.15) is 0 Å². The van der Waals surface area contributed by atoms with Crippen LogP contribution in [-0.2, 0) is 6.42 Å². The van der Waals surface area contributed by atoms with E-state index in [0.717, 1.165) is 13.0 Å². The Hall–Kier alpha value is -0.240. The summed E-state index contributed by atoms with van der Waals surface area (Å²) in [5, 5.41) is 4.86. The average Bonchev–Trinajstić information content (AvgIpc) is 2.27. The molecule has 108 valence electrons. The normalized spacial score (nSPS) is 13.9.